The lowest BCUT2D eigenvalue weighted by Crippen LogP contribution is -2.25. The van der Waals surface area contributed by atoms with Crippen LogP contribution in [-0.2, 0) is 17.5 Å². The summed E-state index contributed by atoms with van der Waals surface area (Å²) in [5, 5.41) is 11.0. The topological polar surface area (TPSA) is 64.7 Å². The molecule has 3 aromatic rings. The van der Waals surface area contributed by atoms with E-state index in [1.54, 1.807) is 16.9 Å². The van der Waals surface area contributed by atoms with Gasteiger partial charge in [0.1, 0.15) is 6.04 Å². The van der Waals surface area contributed by atoms with Gasteiger partial charge in [0.05, 0.1) is 28.6 Å². The highest BCUT2D eigenvalue weighted by Gasteiger charge is 2.39. The second-order valence-electron chi connectivity index (χ2n) is 6.37. The fraction of sp³-hybridized carbons (Fsp3) is 0.278. The van der Waals surface area contributed by atoms with Gasteiger partial charge >= 0.3 is 6.18 Å². The molecule has 0 aliphatic heterocycles. The van der Waals surface area contributed by atoms with Crippen LogP contribution >= 0.6 is 27.5 Å². The van der Waals surface area contributed by atoms with Crippen LogP contribution in [0.5, 0.6) is 0 Å². The fourth-order valence-electron chi connectivity index (χ4n) is 2.73. The SMILES string of the molecule is Cc1c(Br)c(C(F)(F)F)nn1C(C)C(=O)Nc1cnn(Cc2ccccc2Cl)c1. The van der Waals surface area contributed by atoms with E-state index >= 15 is 0 Å². The Labute approximate surface area is 177 Å². The first-order chi connectivity index (χ1) is 13.6. The van der Waals surface area contributed by atoms with E-state index < -0.39 is 23.8 Å². The van der Waals surface area contributed by atoms with Crippen LogP contribution in [0.3, 0.4) is 0 Å². The number of amides is 1. The van der Waals surface area contributed by atoms with Crippen molar-refractivity contribution in [2.45, 2.75) is 32.6 Å². The van der Waals surface area contributed by atoms with E-state index in [4.69, 9.17) is 11.6 Å². The van der Waals surface area contributed by atoms with Crippen LogP contribution in [0.2, 0.25) is 5.02 Å². The van der Waals surface area contributed by atoms with Crippen LogP contribution in [0.15, 0.2) is 41.1 Å². The fourth-order valence-corrected chi connectivity index (χ4v) is 3.41. The number of hydrogen-bond acceptors (Lipinski definition) is 3. The van der Waals surface area contributed by atoms with Gasteiger partial charge in [0.2, 0.25) is 5.91 Å². The highest BCUT2D eigenvalue weighted by Crippen LogP contribution is 2.36. The van der Waals surface area contributed by atoms with Crippen molar-refractivity contribution < 1.29 is 18.0 Å². The molecule has 0 bridgehead atoms. The molecule has 6 nitrogen and oxygen atoms in total. The zero-order chi connectivity index (χ0) is 21.3. The van der Waals surface area contributed by atoms with Gasteiger partial charge < -0.3 is 5.32 Å². The van der Waals surface area contributed by atoms with Crippen LogP contribution in [0, 0.1) is 6.92 Å². The highest BCUT2D eigenvalue weighted by molar-refractivity contribution is 9.10. The van der Waals surface area contributed by atoms with Gasteiger partial charge in [0, 0.05) is 11.2 Å². The minimum absolute atomic E-state index is 0.183. The van der Waals surface area contributed by atoms with Gasteiger partial charge in [-0.25, -0.2) is 0 Å². The normalized spacial score (nSPS) is 12.8. The monoisotopic (exact) mass is 489 g/mol. The molecule has 0 saturated carbocycles. The second kappa shape index (κ2) is 8.19. The van der Waals surface area contributed by atoms with Crippen molar-refractivity contribution in [3.63, 3.8) is 0 Å². The number of benzene rings is 1. The van der Waals surface area contributed by atoms with Crippen molar-refractivity contribution in [1.82, 2.24) is 19.6 Å². The number of nitrogens with one attached hydrogen (secondary N) is 1. The molecule has 0 aliphatic carbocycles. The molecule has 11 heteroatoms. The maximum absolute atomic E-state index is 13.0. The summed E-state index contributed by atoms with van der Waals surface area (Å²) >= 11 is 9.03. The Morgan fingerprint density at radius 1 is 1.34 bits per heavy atom. The summed E-state index contributed by atoms with van der Waals surface area (Å²) in [6, 6.07) is 6.34. The molecule has 1 amide bonds. The van der Waals surface area contributed by atoms with Crippen LogP contribution in [-0.4, -0.2) is 25.5 Å². The first kappa shape index (κ1) is 21.4. The Hall–Kier alpha value is -2.33. The van der Waals surface area contributed by atoms with Gasteiger partial charge in [-0.2, -0.15) is 23.4 Å². The van der Waals surface area contributed by atoms with E-state index in [0.717, 1.165) is 10.2 Å². The molecule has 0 radical (unpaired) electrons. The van der Waals surface area contributed by atoms with Crippen molar-refractivity contribution >= 4 is 39.1 Å². The minimum atomic E-state index is -4.62. The van der Waals surface area contributed by atoms with Gasteiger partial charge in [-0.3, -0.25) is 14.2 Å². The van der Waals surface area contributed by atoms with Crippen molar-refractivity contribution in [2.24, 2.45) is 0 Å². The number of halogens is 5. The number of hydrogen-bond donors (Lipinski definition) is 1. The van der Waals surface area contributed by atoms with Gasteiger partial charge in [0.25, 0.3) is 0 Å². The highest BCUT2D eigenvalue weighted by atomic mass is 79.9. The Kier molecular flexibility index (Phi) is 6.04. The number of nitrogens with zero attached hydrogens (tertiary/aromatic N) is 4. The second-order valence-corrected chi connectivity index (χ2v) is 7.57. The summed E-state index contributed by atoms with van der Waals surface area (Å²) in [6.45, 7) is 3.33. The minimum Gasteiger partial charge on any atom is -0.322 e. The molecule has 2 aromatic heterocycles. The summed E-state index contributed by atoms with van der Waals surface area (Å²) in [5.41, 5.74) is 0.408. The zero-order valence-electron chi connectivity index (χ0n) is 15.3. The van der Waals surface area contributed by atoms with Crippen LogP contribution in [0.4, 0.5) is 18.9 Å². The molecule has 0 aliphatic rings. The first-order valence-corrected chi connectivity index (χ1v) is 9.63. The number of rotatable bonds is 5. The van der Waals surface area contributed by atoms with Crippen molar-refractivity contribution in [1.29, 1.82) is 0 Å². The van der Waals surface area contributed by atoms with Crippen molar-refractivity contribution in [3.8, 4) is 0 Å². The Morgan fingerprint density at radius 2 is 2.03 bits per heavy atom. The number of alkyl halides is 3. The van der Waals surface area contributed by atoms with E-state index in [-0.39, 0.29) is 10.2 Å². The summed E-state index contributed by atoms with van der Waals surface area (Å²) in [7, 11) is 0. The van der Waals surface area contributed by atoms with Gasteiger partial charge in [0.15, 0.2) is 5.69 Å². The predicted molar refractivity (Wildman–Crippen MR) is 106 cm³/mol. The quantitative estimate of drug-likeness (QED) is 0.543. The number of carbonyl (C=O) groups excluding carboxylic acids is 1. The van der Waals surface area contributed by atoms with E-state index in [1.165, 1.54) is 20.0 Å². The molecular formula is C18H16BrClF3N5O. The molecule has 0 spiro atoms. The van der Waals surface area contributed by atoms with E-state index in [0.29, 0.717) is 17.3 Å². The summed E-state index contributed by atoms with van der Waals surface area (Å²) in [5.74, 6) is -0.519. The molecular weight excluding hydrogens is 475 g/mol. The third-order valence-corrected chi connectivity index (χ3v) is 5.60. The van der Waals surface area contributed by atoms with Crippen LogP contribution in [0.25, 0.3) is 0 Å². The number of carbonyl (C=O) groups is 1. The maximum Gasteiger partial charge on any atom is 0.436 e. The number of anilines is 1. The van der Waals surface area contributed by atoms with Gasteiger partial charge in [-0.15, -0.1) is 0 Å². The maximum atomic E-state index is 13.0. The summed E-state index contributed by atoms with van der Waals surface area (Å²) < 4.78 is 41.6. The van der Waals surface area contributed by atoms with Crippen molar-refractivity contribution in [2.75, 3.05) is 5.32 Å². The zero-order valence-corrected chi connectivity index (χ0v) is 17.7. The third kappa shape index (κ3) is 4.64. The molecule has 2 heterocycles. The predicted octanol–water partition coefficient (Wildman–Crippen LogP) is 5.07. The molecule has 1 N–H and O–H groups in total. The Balaban J connectivity index is 1.73. The van der Waals surface area contributed by atoms with Crippen LogP contribution < -0.4 is 5.32 Å². The Bertz CT molecular complexity index is 1050. The average molecular weight is 491 g/mol. The summed E-state index contributed by atoms with van der Waals surface area (Å²) in [6.07, 6.45) is -1.56. The molecule has 1 atom stereocenters. The summed E-state index contributed by atoms with van der Waals surface area (Å²) in [4.78, 5) is 12.5. The molecule has 29 heavy (non-hydrogen) atoms. The van der Waals surface area contributed by atoms with Crippen LogP contribution in [0.1, 0.15) is 29.9 Å². The molecule has 154 valence electrons. The largest absolute Gasteiger partial charge is 0.436 e. The standard InChI is InChI=1S/C18H16BrClF3N5O/c1-10-15(19)16(18(21,22)23)26-28(10)11(2)17(29)25-13-7-24-27(9-13)8-12-5-3-4-6-14(12)20/h3-7,9,11H,8H2,1-2H3,(H,25,29). The first-order valence-electron chi connectivity index (χ1n) is 8.46. The lowest BCUT2D eigenvalue weighted by molar-refractivity contribution is -0.142. The molecule has 1 aromatic carbocycles. The lowest BCUT2D eigenvalue weighted by atomic mass is 10.2. The molecule has 0 saturated heterocycles. The molecule has 0 fully saturated rings. The van der Waals surface area contributed by atoms with Gasteiger partial charge in [-0.1, -0.05) is 29.8 Å². The lowest BCUT2D eigenvalue weighted by Gasteiger charge is -2.13. The van der Waals surface area contributed by atoms with Gasteiger partial charge in [-0.05, 0) is 41.4 Å². The van der Waals surface area contributed by atoms with E-state index in [9.17, 15) is 18.0 Å². The van der Waals surface area contributed by atoms with Crippen molar-refractivity contribution in [3.05, 3.63) is 63.1 Å². The number of aromatic nitrogens is 4. The smallest absolute Gasteiger partial charge is 0.322 e. The van der Waals surface area contributed by atoms with E-state index in [2.05, 4.69) is 31.4 Å². The average Bonchev–Trinajstić information content (AvgIpc) is 3.21. The third-order valence-electron chi connectivity index (χ3n) is 4.28. The van der Waals surface area contributed by atoms with E-state index in [1.807, 2.05) is 18.2 Å². The molecule has 1 unspecified atom stereocenters. The Morgan fingerprint density at radius 3 is 2.66 bits per heavy atom. The molecule has 3 rings (SSSR count).